The molecule has 0 aliphatic heterocycles. The number of thiol groups is 1. The maximum atomic E-state index is 12.4. The van der Waals surface area contributed by atoms with Crippen molar-refractivity contribution in [3.8, 4) is 0 Å². The van der Waals surface area contributed by atoms with Crippen molar-refractivity contribution < 1.29 is 9.53 Å². The van der Waals surface area contributed by atoms with Crippen molar-refractivity contribution in [1.29, 1.82) is 0 Å². The maximum Gasteiger partial charge on any atom is 0.250 e. The second-order valence-corrected chi connectivity index (χ2v) is 10.6. The van der Waals surface area contributed by atoms with Crippen LogP contribution in [0.4, 0.5) is 0 Å². The molecule has 3 nitrogen and oxygen atoms in total. The Labute approximate surface area is 198 Å². The minimum absolute atomic E-state index is 0.0513. The van der Waals surface area contributed by atoms with E-state index >= 15 is 0 Å². The predicted molar refractivity (Wildman–Crippen MR) is 131 cm³/mol. The van der Waals surface area contributed by atoms with Gasteiger partial charge in [-0.1, -0.05) is 41.4 Å². The molecule has 1 amide bonds. The lowest BCUT2D eigenvalue weighted by Crippen LogP contribution is -2.27. The van der Waals surface area contributed by atoms with Crippen molar-refractivity contribution in [2.24, 2.45) is 4.99 Å². The van der Waals surface area contributed by atoms with E-state index in [4.69, 9.17) is 27.9 Å². The van der Waals surface area contributed by atoms with Crippen molar-refractivity contribution in [3.05, 3.63) is 63.6 Å². The standard InChI is InChI=1S/C25H27Cl2NO2S/c1-2-31-21-10-3-17(4-11-21)15-24(29)28-19-6-8-20(9-7-19)30-25(13-14-25)18-5-12-22(26)23(27)16-18/h3-5,10-12,16,20H,2,6-9,13-15H2,1H3/p+1. The summed E-state index contributed by atoms with van der Waals surface area (Å²) in [4.78, 5) is 18.1. The van der Waals surface area contributed by atoms with Crippen LogP contribution in [0.5, 0.6) is 0 Å². The summed E-state index contributed by atoms with van der Waals surface area (Å²) in [6.45, 7) is 2.16. The van der Waals surface area contributed by atoms with Gasteiger partial charge in [0.25, 0.3) is 0 Å². The molecule has 2 aromatic rings. The molecule has 0 saturated heterocycles. The summed E-state index contributed by atoms with van der Waals surface area (Å²) in [5.74, 6) is 1.05. The molecule has 0 heterocycles. The molecular formula is C25H28Cl2NO2S+. The van der Waals surface area contributed by atoms with E-state index in [1.54, 1.807) is 0 Å². The smallest absolute Gasteiger partial charge is 0.250 e. The first kappa shape index (κ1) is 22.8. The lowest BCUT2D eigenvalue weighted by Gasteiger charge is -2.29. The third-order valence-corrected chi connectivity index (χ3v) is 7.69. The van der Waals surface area contributed by atoms with E-state index < -0.39 is 0 Å². The van der Waals surface area contributed by atoms with Gasteiger partial charge in [-0.15, -0.1) is 0 Å². The second-order valence-electron chi connectivity index (χ2n) is 8.33. The van der Waals surface area contributed by atoms with Gasteiger partial charge >= 0.3 is 0 Å². The summed E-state index contributed by atoms with van der Waals surface area (Å²) in [5, 5.41) is 1.14. The highest BCUT2D eigenvalue weighted by atomic mass is 35.5. The number of amides is 1. The summed E-state index contributed by atoms with van der Waals surface area (Å²) < 4.78 is 6.51. The van der Waals surface area contributed by atoms with E-state index in [1.807, 2.05) is 30.3 Å². The van der Waals surface area contributed by atoms with Crippen molar-refractivity contribution in [2.75, 3.05) is 5.75 Å². The third-order valence-electron chi connectivity index (χ3n) is 5.97. The third kappa shape index (κ3) is 5.92. The van der Waals surface area contributed by atoms with Crippen molar-refractivity contribution >= 4 is 46.6 Å². The molecule has 4 rings (SSSR count). The normalized spacial score (nSPS) is 19.8. The van der Waals surface area contributed by atoms with Gasteiger partial charge in [-0.3, -0.25) is 4.79 Å². The zero-order chi connectivity index (χ0) is 21.8. The molecule has 0 unspecified atom stereocenters. The summed E-state index contributed by atoms with van der Waals surface area (Å²) in [6.07, 6.45) is 6.03. The van der Waals surface area contributed by atoms with Gasteiger partial charge in [0, 0.05) is 17.5 Å². The first-order chi connectivity index (χ1) is 15.0. The lowest BCUT2D eigenvalue weighted by molar-refractivity contribution is -0.117. The Morgan fingerprint density at radius 3 is 2.42 bits per heavy atom. The number of carbonyl (C=O) groups is 1. The summed E-state index contributed by atoms with van der Waals surface area (Å²) >= 11 is 13.6. The van der Waals surface area contributed by atoms with Gasteiger partial charge in [-0.25, -0.2) is 4.99 Å². The number of ether oxygens (including phenoxy) is 1. The van der Waals surface area contributed by atoms with Gasteiger partial charge in [0.2, 0.25) is 5.91 Å². The van der Waals surface area contributed by atoms with Crippen LogP contribution in [0, 0.1) is 0 Å². The highest BCUT2D eigenvalue weighted by molar-refractivity contribution is 7.78. The Bertz CT molecular complexity index is 960. The highest BCUT2D eigenvalue weighted by Gasteiger charge is 2.47. The molecule has 2 aliphatic carbocycles. The first-order valence-electron chi connectivity index (χ1n) is 11.0. The molecule has 2 saturated carbocycles. The zero-order valence-electron chi connectivity index (χ0n) is 17.7. The van der Waals surface area contributed by atoms with E-state index in [1.165, 1.54) is 16.7 Å². The first-order valence-corrected chi connectivity index (χ1v) is 12.8. The van der Waals surface area contributed by atoms with Crippen LogP contribution in [0.1, 0.15) is 56.6 Å². The molecule has 0 spiro atoms. The van der Waals surface area contributed by atoms with Crippen molar-refractivity contribution in [1.82, 2.24) is 0 Å². The highest BCUT2D eigenvalue weighted by Crippen LogP contribution is 2.51. The Morgan fingerprint density at radius 1 is 1.10 bits per heavy atom. The number of benzene rings is 2. The van der Waals surface area contributed by atoms with Gasteiger partial charge in [0.05, 0.1) is 28.2 Å². The van der Waals surface area contributed by atoms with E-state index in [0.29, 0.717) is 16.5 Å². The number of hydrogen-bond donors (Lipinski definition) is 0. The molecule has 164 valence electrons. The topological polar surface area (TPSA) is 38.7 Å². The van der Waals surface area contributed by atoms with Gasteiger partial charge < -0.3 is 4.74 Å². The van der Waals surface area contributed by atoms with Crippen LogP contribution in [0.15, 0.2) is 52.4 Å². The van der Waals surface area contributed by atoms with E-state index in [9.17, 15) is 4.79 Å². The molecule has 0 N–H and O–H groups in total. The number of rotatable bonds is 7. The van der Waals surface area contributed by atoms with Crippen molar-refractivity contribution in [2.45, 2.75) is 68.5 Å². The van der Waals surface area contributed by atoms with Gasteiger partial charge in [-0.05, 0) is 80.8 Å². The Balaban J connectivity index is 1.28. The predicted octanol–water partition coefficient (Wildman–Crippen LogP) is 6.35. The second kappa shape index (κ2) is 10.1. The van der Waals surface area contributed by atoms with Crippen LogP contribution in [0.2, 0.25) is 10.0 Å². The van der Waals surface area contributed by atoms with Gasteiger partial charge in [-0.2, -0.15) is 0 Å². The fraction of sp³-hybridized carbons (Fsp3) is 0.440. The fourth-order valence-electron chi connectivity index (χ4n) is 4.13. The summed E-state index contributed by atoms with van der Waals surface area (Å²) in [5.41, 5.74) is 2.93. The minimum atomic E-state index is -0.216. The largest absolute Gasteiger partial charge is 0.367 e. The molecule has 0 radical (unpaired) electrons. The van der Waals surface area contributed by atoms with Crippen LogP contribution in [0.3, 0.4) is 0 Å². The van der Waals surface area contributed by atoms with Crippen LogP contribution < -0.4 is 0 Å². The number of aliphatic imine (C=N–C) groups is 1. The Hall–Kier alpha value is -1.33. The molecule has 0 bridgehead atoms. The van der Waals surface area contributed by atoms with Gasteiger partial charge in [0.1, 0.15) is 5.75 Å². The van der Waals surface area contributed by atoms with E-state index in [-0.39, 0.29) is 17.6 Å². The van der Waals surface area contributed by atoms with Crippen LogP contribution in [-0.4, -0.2) is 23.5 Å². The average molecular weight is 477 g/mol. The van der Waals surface area contributed by atoms with Crippen LogP contribution in [0.25, 0.3) is 0 Å². The minimum Gasteiger partial charge on any atom is -0.367 e. The van der Waals surface area contributed by atoms with Crippen molar-refractivity contribution in [3.63, 3.8) is 0 Å². The molecule has 2 aliphatic rings. The molecule has 2 aromatic carbocycles. The van der Waals surface area contributed by atoms with E-state index in [0.717, 1.165) is 61.1 Å². The van der Waals surface area contributed by atoms with Gasteiger partial charge in [0.15, 0.2) is 4.90 Å². The molecular weight excluding hydrogens is 449 g/mol. The SMILES string of the molecule is CC[SH+]c1ccc(CC(=O)N=C2CCC(OC3(c4ccc(Cl)c(Cl)c4)CC3)CC2)cc1. The number of nitrogens with zero attached hydrogens (tertiary/aromatic N) is 1. The molecule has 31 heavy (non-hydrogen) atoms. The quantitative estimate of drug-likeness (QED) is 0.345. The Kier molecular flexibility index (Phi) is 7.43. The number of hydrogen-bond acceptors (Lipinski definition) is 2. The molecule has 0 aromatic heterocycles. The number of halogens is 2. The Morgan fingerprint density at radius 2 is 1.81 bits per heavy atom. The summed E-state index contributed by atoms with van der Waals surface area (Å²) in [6, 6.07) is 14.1. The zero-order valence-corrected chi connectivity index (χ0v) is 20.1. The van der Waals surface area contributed by atoms with Crippen LogP contribution in [-0.2, 0) is 33.3 Å². The average Bonchev–Trinajstić information content (AvgIpc) is 3.54. The van der Waals surface area contributed by atoms with E-state index in [2.05, 4.69) is 24.0 Å². The monoisotopic (exact) mass is 476 g/mol. The molecule has 0 atom stereocenters. The lowest BCUT2D eigenvalue weighted by atomic mass is 9.95. The maximum absolute atomic E-state index is 12.4. The summed E-state index contributed by atoms with van der Waals surface area (Å²) in [7, 11) is 0. The fourth-order valence-corrected chi connectivity index (χ4v) is 5.16. The number of carbonyl (C=O) groups excluding carboxylic acids is 1. The molecule has 2 fully saturated rings. The molecule has 6 heteroatoms. The van der Waals surface area contributed by atoms with Crippen LogP contribution >= 0.6 is 23.2 Å².